The molecule has 0 bridgehead atoms. The van der Waals surface area contributed by atoms with Crippen LogP contribution in [0.15, 0.2) is 60.7 Å². The van der Waals surface area contributed by atoms with Crippen LogP contribution < -0.4 is 0 Å². The Balaban J connectivity index is 0.000000963. The van der Waals surface area contributed by atoms with Gasteiger partial charge in [0.25, 0.3) is 0 Å². The largest absolute Gasteiger partial charge is 0.355 e. The minimum Gasteiger partial charge on any atom is -0.355 e. The summed E-state index contributed by atoms with van der Waals surface area (Å²) in [5.41, 5.74) is 3.60. The summed E-state index contributed by atoms with van der Waals surface area (Å²) in [4.78, 5) is 3.41. The summed E-state index contributed by atoms with van der Waals surface area (Å²) in [7, 11) is 0. The standard InChI is InChI=1S/C14H11N.K/c1-2-6-11(7-3-1)14-10-12-8-4-5-9-13(12)15-14;/h1-10,15H;. The van der Waals surface area contributed by atoms with Gasteiger partial charge in [-0.3, -0.25) is 0 Å². The van der Waals surface area contributed by atoms with Gasteiger partial charge in [-0.2, -0.15) is 0 Å². The van der Waals surface area contributed by atoms with Crippen LogP contribution in [-0.4, -0.2) is 56.4 Å². The van der Waals surface area contributed by atoms with Crippen molar-refractivity contribution in [1.82, 2.24) is 4.98 Å². The van der Waals surface area contributed by atoms with Crippen LogP contribution >= 0.6 is 0 Å². The normalized spacial score (nSPS) is 10.0. The molecule has 73 valence electrons. The Morgan fingerprint density at radius 1 is 0.750 bits per heavy atom. The number of aromatic amines is 1. The van der Waals surface area contributed by atoms with E-state index >= 15 is 0 Å². The van der Waals surface area contributed by atoms with Crippen LogP contribution in [0.5, 0.6) is 0 Å². The van der Waals surface area contributed by atoms with Gasteiger partial charge in [0.05, 0.1) is 0 Å². The van der Waals surface area contributed by atoms with Crippen LogP contribution in [0.1, 0.15) is 0 Å². The first-order chi connectivity index (χ1) is 7.43. The summed E-state index contributed by atoms with van der Waals surface area (Å²) in [6.07, 6.45) is 0. The first kappa shape index (κ1) is 12.1. The van der Waals surface area contributed by atoms with Crippen molar-refractivity contribution in [2.75, 3.05) is 0 Å². The van der Waals surface area contributed by atoms with Gasteiger partial charge in [-0.05, 0) is 17.7 Å². The molecule has 1 radical (unpaired) electrons. The number of benzene rings is 2. The van der Waals surface area contributed by atoms with Gasteiger partial charge in [0.1, 0.15) is 0 Å². The van der Waals surface area contributed by atoms with E-state index in [1.165, 1.54) is 22.2 Å². The van der Waals surface area contributed by atoms with Crippen molar-refractivity contribution < 1.29 is 0 Å². The molecule has 1 N–H and O–H groups in total. The van der Waals surface area contributed by atoms with Gasteiger partial charge in [-0.25, -0.2) is 0 Å². The summed E-state index contributed by atoms with van der Waals surface area (Å²) >= 11 is 0. The van der Waals surface area contributed by atoms with E-state index in [0.29, 0.717) is 0 Å². The molecule has 0 aliphatic carbocycles. The second kappa shape index (κ2) is 5.30. The van der Waals surface area contributed by atoms with Crippen LogP contribution in [0, 0.1) is 0 Å². The molecule has 0 aliphatic heterocycles. The molecule has 0 unspecified atom stereocenters. The zero-order chi connectivity index (χ0) is 10.1. The molecule has 2 aromatic carbocycles. The minimum atomic E-state index is 0. The number of para-hydroxylation sites is 1. The molecule has 0 aliphatic rings. The number of rotatable bonds is 1. The Kier molecular flexibility index (Phi) is 4.00. The molecule has 0 atom stereocenters. The summed E-state index contributed by atoms with van der Waals surface area (Å²) in [5.74, 6) is 0. The Morgan fingerprint density at radius 2 is 1.44 bits per heavy atom. The number of H-pyrrole nitrogens is 1. The molecule has 16 heavy (non-hydrogen) atoms. The minimum absolute atomic E-state index is 0. The van der Waals surface area contributed by atoms with Crippen molar-refractivity contribution in [1.29, 1.82) is 0 Å². The average Bonchev–Trinajstić information content (AvgIpc) is 2.74. The average molecular weight is 232 g/mol. The Hall–Kier alpha value is -0.384. The quantitative estimate of drug-likeness (QED) is 0.618. The molecule has 0 saturated carbocycles. The monoisotopic (exact) mass is 232 g/mol. The second-order valence-corrected chi connectivity index (χ2v) is 3.64. The van der Waals surface area contributed by atoms with Gasteiger partial charge in [0, 0.05) is 68.0 Å². The number of fused-ring (bicyclic) bond motifs is 1. The van der Waals surface area contributed by atoms with Crippen LogP contribution in [0.2, 0.25) is 0 Å². The van der Waals surface area contributed by atoms with Crippen molar-refractivity contribution in [2.24, 2.45) is 0 Å². The third-order valence-electron chi connectivity index (χ3n) is 2.61. The molecule has 3 rings (SSSR count). The van der Waals surface area contributed by atoms with E-state index in [9.17, 15) is 0 Å². The van der Waals surface area contributed by atoms with Gasteiger partial charge in [0.15, 0.2) is 0 Å². The summed E-state index contributed by atoms with van der Waals surface area (Å²) < 4.78 is 0. The van der Waals surface area contributed by atoms with Crippen molar-refractivity contribution >= 4 is 62.3 Å². The second-order valence-electron chi connectivity index (χ2n) is 3.64. The summed E-state index contributed by atoms with van der Waals surface area (Å²) in [5, 5.41) is 1.26. The van der Waals surface area contributed by atoms with Crippen molar-refractivity contribution in [3.05, 3.63) is 60.7 Å². The maximum absolute atomic E-state index is 3.41. The van der Waals surface area contributed by atoms with Gasteiger partial charge in [-0.1, -0.05) is 48.5 Å². The van der Waals surface area contributed by atoms with E-state index in [1.54, 1.807) is 0 Å². The van der Waals surface area contributed by atoms with Crippen molar-refractivity contribution in [3.8, 4) is 11.3 Å². The van der Waals surface area contributed by atoms with Gasteiger partial charge in [0.2, 0.25) is 0 Å². The fourth-order valence-electron chi connectivity index (χ4n) is 1.85. The van der Waals surface area contributed by atoms with Crippen LogP contribution in [0.4, 0.5) is 0 Å². The fourth-order valence-corrected chi connectivity index (χ4v) is 1.85. The maximum Gasteiger partial charge on any atom is 0.0464 e. The van der Waals surface area contributed by atoms with Crippen LogP contribution in [0.25, 0.3) is 22.2 Å². The third kappa shape index (κ3) is 2.31. The molecule has 2 heteroatoms. The molecule has 3 aromatic rings. The first-order valence-electron chi connectivity index (χ1n) is 5.07. The van der Waals surface area contributed by atoms with Gasteiger partial charge >= 0.3 is 0 Å². The molecule has 0 saturated heterocycles. The maximum atomic E-state index is 3.41. The number of aromatic nitrogens is 1. The van der Waals surface area contributed by atoms with Gasteiger partial charge < -0.3 is 4.98 Å². The smallest absolute Gasteiger partial charge is 0.0464 e. The molecule has 0 fully saturated rings. The van der Waals surface area contributed by atoms with Crippen molar-refractivity contribution in [2.45, 2.75) is 0 Å². The molecule has 1 nitrogen and oxygen atoms in total. The number of hydrogen-bond donors (Lipinski definition) is 1. The topological polar surface area (TPSA) is 15.8 Å². The zero-order valence-corrected chi connectivity index (χ0v) is 12.4. The summed E-state index contributed by atoms with van der Waals surface area (Å²) in [6.45, 7) is 0. The van der Waals surface area contributed by atoms with E-state index in [4.69, 9.17) is 0 Å². The van der Waals surface area contributed by atoms with Crippen LogP contribution in [-0.2, 0) is 0 Å². The van der Waals surface area contributed by atoms with Gasteiger partial charge in [-0.15, -0.1) is 0 Å². The first-order valence-corrected chi connectivity index (χ1v) is 5.07. The zero-order valence-electron chi connectivity index (χ0n) is 9.27. The van der Waals surface area contributed by atoms with E-state index in [0.717, 1.165) is 0 Å². The molecule has 1 aromatic heterocycles. The molecule has 0 spiro atoms. The Labute approximate surface area is 137 Å². The van der Waals surface area contributed by atoms with E-state index in [-0.39, 0.29) is 51.4 Å². The number of hydrogen-bond acceptors (Lipinski definition) is 0. The predicted molar refractivity (Wildman–Crippen MR) is 69.5 cm³/mol. The Morgan fingerprint density at radius 3 is 2.19 bits per heavy atom. The predicted octanol–water partition coefficient (Wildman–Crippen LogP) is 3.45. The molecular weight excluding hydrogens is 221 g/mol. The summed E-state index contributed by atoms with van der Waals surface area (Å²) in [6, 6.07) is 20.9. The van der Waals surface area contributed by atoms with Crippen LogP contribution in [0.3, 0.4) is 0 Å². The molecular formula is C14H11KN. The fraction of sp³-hybridized carbons (Fsp3) is 0. The Bertz CT molecular complexity index is 551. The SMILES string of the molecule is [K].c1ccc(-c2cc3ccccc3[nH]2)cc1. The van der Waals surface area contributed by atoms with Crippen molar-refractivity contribution in [3.63, 3.8) is 0 Å². The molecule has 0 amide bonds. The van der Waals surface area contributed by atoms with E-state index in [1.807, 2.05) is 12.1 Å². The van der Waals surface area contributed by atoms with E-state index in [2.05, 4.69) is 53.5 Å². The number of nitrogens with one attached hydrogen (secondary N) is 1. The third-order valence-corrected chi connectivity index (χ3v) is 2.61. The molecule has 1 heterocycles. The van der Waals surface area contributed by atoms with E-state index < -0.39 is 0 Å².